The lowest BCUT2D eigenvalue weighted by Crippen LogP contribution is -2.17. The highest BCUT2D eigenvalue weighted by Gasteiger charge is 2.37. The number of carbonyl (C=O) groups excluding carboxylic acids is 1. The number of rotatable bonds is 5. The van der Waals surface area contributed by atoms with Crippen LogP contribution in [-0.4, -0.2) is 35.1 Å². The predicted octanol–water partition coefficient (Wildman–Crippen LogP) is 3.09. The van der Waals surface area contributed by atoms with Crippen molar-refractivity contribution in [3.8, 4) is 11.8 Å². The quantitative estimate of drug-likeness (QED) is 0.863. The van der Waals surface area contributed by atoms with Crippen molar-refractivity contribution in [3.63, 3.8) is 0 Å². The molecule has 0 radical (unpaired) electrons. The molecule has 2 aromatic rings. The predicted molar refractivity (Wildman–Crippen MR) is 84.3 cm³/mol. The molecule has 0 aliphatic carbocycles. The van der Waals surface area contributed by atoms with Crippen molar-refractivity contribution < 1.29 is 27.4 Å². The lowest BCUT2D eigenvalue weighted by Gasteiger charge is -2.11. The minimum Gasteiger partial charge on any atom is -0.480 e. The minimum atomic E-state index is -4.59. The van der Waals surface area contributed by atoms with Gasteiger partial charge in [0.15, 0.2) is 16.4 Å². The summed E-state index contributed by atoms with van der Waals surface area (Å²) in [4.78, 5) is 23.9. The zero-order chi connectivity index (χ0) is 18.8. The Balaban J connectivity index is 2.40. The summed E-state index contributed by atoms with van der Waals surface area (Å²) in [7, 11) is 2.61. The van der Waals surface area contributed by atoms with Crippen LogP contribution in [-0.2, 0) is 12.6 Å². The lowest BCUT2D eigenvalue weighted by molar-refractivity contribution is -0.141. The van der Waals surface area contributed by atoms with Gasteiger partial charge < -0.3 is 9.47 Å². The Kier molecular flexibility index (Phi) is 5.45. The molecule has 0 aliphatic rings. The molecule has 0 atom stereocenters. The molecule has 2 rings (SSSR count). The Hall–Kier alpha value is -2.43. The second kappa shape index (κ2) is 7.21. The first-order valence-electron chi connectivity index (χ1n) is 7.06. The Morgan fingerprint density at radius 1 is 1.16 bits per heavy atom. The maximum Gasteiger partial charge on any atom is 0.434 e. The second-order valence-electron chi connectivity index (χ2n) is 4.76. The molecule has 0 aromatic carbocycles. The first-order valence-corrected chi connectivity index (χ1v) is 7.87. The number of anilines is 1. The fourth-order valence-corrected chi connectivity index (χ4v) is 2.95. The van der Waals surface area contributed by atoms with Crippen LogP contribution in [0.5, 0.6) is 11.8 Å². The first-order chi connectivity index (χ1) is 11.7. The van der Waals surface area contributed by atoms with Crippen LogP contribution in [0.25, 0.3) is 0 Å². The molecule has 0 bridgehead atoms. The Morgan fingerprint density at radius 3 is 2.12 bits per heavy atom. The van der Waals surface area contributed by atoms with Crippen LogP contribution in [0, 0.1) is 6.92 Å². The summed E-state index contributed by atoms with van der Waals surface area (Å²) in [6.45, 7) is 3.16. The zero-order valence-corrected chi connectivity index (χ0v) is 14.6. The van der Waals surface area contributed by atoms with E-state index in [0.29, 0.717) is 5.82 Å². The molecule has 0 saturated heterocycles. The second-order valence-corrected chi connectivity index (χ2v) is 5.84. The molecule has 2 aromatic heterocycles. The first kappa shape index (κ1) is 18.9. The van der Waals surface area contributed by atoms with Gasteiger partial charge in [-0.2, -0.15) is 23.1 Å². The fourth-order valence-electron chi connectivity index (χ4n) is 2.04. The van der Waals surface area contributed by atoms with Crippen molar-refractivity contribution in [3.05, 3.63) is 22.0 Å². The maximum atomic E-state index is 13.0. The van der Waals surface area contributed by atoms with Gasteiger partial charge in [0.2, 0.25) is 11.8 Å². The Bertz CT molecular complexity index is 767. The number of methoxy groups -OCH3 is 2. The number of nitrogens with one attached hydrogen (secondary N) is 1. The molecule has 0 spiro atoms. The van der Waals surface area contributed by atoms with Gasteiger partial charge in [-0.1, -0.05) is 6.92 Å². The molecule has 0 aliphatic heterocycles. The van der Waals surface area contributed by atoms with E-state index in [9.17, 15) is 18.0 Å². The molecular formula is C14H15F3N4O3S. The average molecular weight is 376 g/mol. The zero-order valence-electron chi connectivity index (χ0n) is 13.8. The van der Waals surface area contributed by atoms with Gasteiger partial charge in [-0.05, 0) is 13.3 Å². The molecule has 1 N–H and O–H groups in total. The van der Waals surface area contributed by atoms with Crippen LogP contribution in [0.1, 0.15) is 33.7 Å². The van der Waals surface area contributed by atoms with E-state index in [0.717, 1.165) is 11.3 Å². The number of hydrogen-bond donors (Lipinski definition) is 1. The molecular weight excluding hydrogens is 361 g/mol. The van der Waals surface area contributed by atoms with Gasteiger partial charge in [0, 0.05) is 4.88 Å². The van der Waals surface area contributed by atoms with E-state index in [2.05, 4.69) is 20.3 Å². The highest BCUT2D eigenvalue weighted by atomic mass is 32.1. The van der Waals surface area contributed by atoms with Crippen LogP contribution in [0.4, 0.5) is 18.3 Å². The van der Waals surface area contributed by atoms with Crippen LogP contribution in [0.3, 0.4) is 0 Å². The van der Waals surface area contributed by atoms with Crippen molar-refractivity contribution in [1.29, 1.82) is 0 Å². The van der Waals surface area contributed by atoms with Crippen LogP contribution in [0.15, 0.2) is 0 Å². The lowest BCUT2D eigenvalue weighted by atomic mass is 10.3. The van der Waals surface area contributed by atoms with Gasteiger partial charge in [-0.15, -0.1) is 11.3 Å². The summed E-state index contributed by atoms with van der Waals surface area (Å²) in [5, 5.41) is 2.14. The topological polar surface area (TPSA) is 86.2 Å². The number of halogens is 3. The molecule has 136 valence electrons. The molecule has 7 nitrogen and oxygen atoms in total. The van der Waals surface area contributed by atoms with Crippen molar-refractivity contribution >= 4 is 22.4 Å². The average Bonchev–Trinajstić information content (AvgIpc) is 2.96. The Labute approximate surface area is 145 Å². The van der Waals surface area contributed by atoms with Gasteiger partial charge in [0.05, 0.1) is 14.2 Å². The van der Waals surface area contributed by atoms with E-state index in [1.165, 1.54) is 14.2 Å². The maximum absolute atomic E-state index is 13.0. The number of aryl methyl sites for hydroxylation is 2. The third-order valence-corrected chi connectivity index (χ3v) is 4.19. The number of thiazole rings is 1. The summed E-state index contributed by atoms with van der Waals surface area (Å²) in [5.41, 5.74) is -1.13. The summed E-state index contributed by atoms with van der Waals surface area (Å²) in [6.07, 6.45) is -4.45. The van der Waals surface area contributed by atoms with E-state index in [1.54, 1.807) is 13.8 Å². The van der Waals surface area contributed by atoms with E-state index >= 15 is 0 Å². The van der Waals surface area contributed by atoms with Crippen molar-refractivity contribution in [2.75, 3.05) is 19.5 Å². The van der Waals surface area contributed by atoms with Crippen molar-refractivity contribution in [2.24, 2.45) is 0 Å². The van der Waals surface area contributed by atoms with E-state index < -0.39 is 17.8 Å². The van der Waals surface area contributed by atoms with E-state index in [-0.39, 0.29) is 33.8 Å². The number of alkyl halides is 3. The van der Waals surface area contributed by atoms with Crippen LogP contribution < -0.4 is 14.8 Å². The summed E-state index contributed by atoms with van der Waals surface area (Å²) >= 11 is 0.754. The fraction of sp³-hybridized carbons (Fsp3) is 0.429. The third kappa shape index (κ3) is 3.98. The van der Waals surface area contributed by atoms with Crippen molar-refractivity contribution in [2.45, 2.75) is 26.4 Å². The molecule has 0 unspecified atom stereocenters. The van der Waals surface area contributed by atoms with Crippen molar-refractivity contribution in [1.82, 2.24) is 15.0 Å². The SMILES string of the molecule is CCc1sc(NC(=O)c2c(OC)nc(C)nc2OC)nc1C(F)(F)F. The van der Waals surface area contributed by atoms with Gasteiger partial charge in [-0.3, -0.25) is 10.1 Å². The number of carbonyl (C=O) groups is 1. The summed E-state index contributed by atoms with van der Waals surface area (Å²) in [6, 6.07) is 0. The molecule has 1 amide bonds. The van der Waals surface area contributed by atoms with Gasteiger partial charge in [-0.25, -0.2) is 4.98 Å². The summed E-state index contributed by atoms with van der Waals surface area (Å²) < 4.78 is 49.0. The molecule has 11 heteroatoms. The van der Waals surface area contributed by atoms with E-state index in [1.807, 2.05) is 0 Å². The smallest absolute Gasteiger partial charge is 0.434 e. The standard InChI is InChI=1S/C14H15F3N4O3S/c1-5-7-9(14(15,16)17)20-13(25-7)21-10(22)8-11(23-3)18-6(2)19-12(8)24-4/h5H2,1-4H3,(H,20,21,22). The van der Waals surface area contributed by atoms with E-state index in [4.69, 9.17) is 9.47 Å². The number of ether oxygens (including phenoxy) is 2. The largest absolute Gasteiger partial charge is 0.480 e. The molecule has 0 fully saturated rings. The van der Waals surface area contributed by atoms with Crippen LogP contribution >= 0.6 is 11.3 Å². The van der Waals surface area contributed by atoms with Gasteiger partial charge in [0.1, 0.15) is 5.82 Å². The highest BCUT2D eigenvalue weighted by molar-refractivity contribution is 7.15. The number of nitrogens with zero attached hydrogens (tertiary/aromatic N) is 3. The molecule has 0 saturated carbocycles. The van der Waals surface area contributed by atoms with Gasteiger partial charge in [0.25, 0.3) is 5.91 Å². The highest BCUT2D eigenvalue weighted by Crippen LogP contribution is 2.37. The van der Waals surface area contributed by atoms with Gasteiger partial charge >= 0.3 is 6.18 Å². The number of aromatic nitrogens is 3. The number of hydrogen-bond acceptors (Lipinski definition) is 7. The normalized spacial score (nSPS) is 11.3. The minimum absolute atomic E-state index is 0.0295. The number of amides is 1. The van der Waals surface area contributed by atoms with Crippen LogP contribution in [0.2, 0.25) is 0 Å². The monoisotopic (exact) mass is 376 g/mol. The molecule has 25 heavy (non-hydrogen) atoms. The third-order valence-electron chi connectivity index (χ3n) is 3.08. The molecule has 2 heterocycles. The Morgan fingerprint density at radius 2 is 1.72 bits per heavy atom. The summed E-state index contributed by atoms with van der Waals surface area (Å²) in [5.74, 6) is -0.568.